The molecular formula is C62H78ClF5N8. The smallest absolute Gasteiger partial charge is 0.164 e. The van der Waals surface area contributed by atoms with Crippen LogP contribution < -0.4 is 21.7 Å². The van der Waals surface area contributed by atoms with E-state index in [1.165, 1.54) is 69.8 Å². The minimum Gasteiger partial charge on any atom is -0.399 e. The highest BCUT2D eigenvalue weighted by Crippen LogP contribution is 2.49. The molecule has 0 bridgehead atoms. The summed E-state index contributed by atoms with van der Waals surface area (Å²) in [7, 11) is 3.23. The van der Waals surface area contributed by atoms with E-state index in [4.69, 9.17) is 17.3 Å². The Bertz CT molecular complexity index is 2940. The molecule has 10 rings (SSSR count). The van der Waals surface area contributed by atoms with Crippen LogP contribution in [0, 0.1) is 41.0 Å². The molecule has 4 aromatic carbocycles. The van der Waals surface area contributed by atoms with Crippen molar-refractivity contribution in [3.63, 3.8) is 0 Å². The fourth-order valence-corrected chi connectivity index (χ4v) is 13.2. The summed E-state index contributed by atoms with van der Waals surface area (Å²) in [5.41, 5.74) is 17.1. The molecule has 0 amide bonds. The number of piperidine rings is 2. The highest BCUT2D eigenvalue weighted by atomic mass is 35.5. The van der Waals surface area contributed by atoms with Gasteiger partial charge in [-0.3, -0.25) is 9.07 Å². The highest BCUT2D eigenvalue weighted by molar-refractivity contribution is 6.34. The van der Waals surface area contributed by atoms with E-state index in [9.17, 15) is 8.78 Å². The summed E-state index contributed by atoms with van der Waals surface area (Å²) in [4.78, 5) is 6.98. The number of nitrogens with two attached hydrogens (primary N) is 2. The number of halogens is 6. The molecule has 3 unspecified atom stereocenters. The van der Waals surface area contributed by atoms with E-state index in [2.05, 4.69) is 78.2 Å². The molecule has 2 aliphatic carbocycles. The van der Waals surface area contributed by atoms with Crippen molar-refractivity contribution in [3.05, 3.63) is 160 Å². The molecule has 0 spiro atoms. The lowest BCUT2D eigenvalue weighted by atomic mass is 9.79. The zero-order valence-corrected chi connectivity index (χ0v) is 45.9. The van der Waals surface area contributed by atoms with Crippen molar-refractivity contribution in [1.82, 2.24) is 24.9 Å². The Balaban J connectivity index is 0.000000202. The van der Waals surface area contributed by atoms with Crippen LogP contribution in [0.2, 0.25) is 5.02 Å². The Morgan fingerprint density at radius 1 is 0.868 bits per heavy atom. The Hall–Kier alpha value is -5.63. The molecule has 8 nitrogen and oxygen atoms in total. The van der Waals surface area contributed by atoms with Crippen LogP contribution >= 0.6 is 11.6 Å². The van der Waals surface area contributed by atoms with E-state index in [-0.39, 0.29) is 51.9 Å². The summed E-state index contributed by atoms with van der Waals surface area (Å²) in [6.07, 6.45) is 12.2. The molecule has 5 N–H and O–H groups in total. The first-order valence-electron chi connectivity index (χ1n) is 27.3. The van der Waals surface area contributed by atoms with E-state index in [1.54, 1.807) is 23.9 Å². The van der Waals surface area contributed by atoms with E-state index >= 15 is 13.2 Å². The fourth-order valence-electron chi connectivity index (χ4n) is 13.0. The van der Waals surface area contributed by atoms with Gasteiger partial charge in [-0.1, -0.05) is 113 Å². The molecule has 5 aromatic rings. The maximum Gasteiger partial charge on any atom is 0.164 e. The molecule has 0 radical (unpaired) electrons. The molecule has 1 aromatic heterocycles. The number of allylic oxidation sites excluding steroid dienone is 1. The summed E-state index contributed by atoms with van der Waals surface area (Å²) in [6.45, 7) is 25.7. The number of aromatic nitrogens is 2. The molecule has 76 heavy (non-hydrogen) atoms. The van der Waals surface area contributed by atoms with Gasteiger partial charge in [-0.25, -0.2) is 17.6 Å². The molecule has 14 heteroatoms. The predicted molar refractivity (Wildman–Crippen MR) is 303 cm³/mol. The molecular weight excluding hydrogens is 987 g/mol. The average Bonchev–Trinajstić information content (AvgIpc) is 3.97. The summed E-state index contributed by atoms with van der Waals surface area (Å²) in [5, 5.41) is 8.09. The summed E-state index contributed by atoms with van der Waals surface area (Å²) in [6, 6.07) is 16.2. The molecule has 1 saturated carbocycles. The second-order valence-electron chi connectivity index (χ2n) is 22.1. The Kier molecular flexibility index (Phi) is 18.1. The number of nitrogens with zero attached hydrogens (tertiary/aromatic N) is 5. The Morgan fingerprint density at radius 2 is 1.58 bits per heavy atom. The van der Waals surface area contributed by atoms with Crippen molar-refractivity contribution in [2.75, 3.05) is 57.9 Å². The topological polar surface area (TPSA) is 91.6 Å². The quantitative estimate of drug-likeness (QED) is 0.107. The van der Waals surface area contributed by atoms with Gasteiger partial charge in [-0.15, -0.1) is 0 Å². The number of nitrogens with one attached hydrogen (secondary N) is 1. The van der Waals surface area contributed by atoms with Crippen LogP contribution in [0.25, 0.3) is 27.7 Å². The number of rotatable bonds is 12. The van der Waals surface area contributed by atoms with Gasteiger partial charge in [0.1, 0.15) is 28.8 Å². The number of aryl methyl sites for hydroxylation is 2. The van der Waals surface area contributed by atoms with Crippen LogP contribution in [0.4, 0.5) is 27.8 Å². The minimum absolute atomic E-state index is 0.134. The lowest BCUT2D eigenvalue weighted by molar-refractivity contribution is 0.110. The lowest BCUT2D eigenvalue weighted by Gasteiger charge is -2.42. The van der Waals surface area contributed by atoms with Crippen LogP contribution in [0.3, 0.4) is 0 Å². The van der Waals surface area contributed by atoms with Crippen molar-refractivity contribution in [1.29, 1.82) is 0 Å². The zero-order valence-electron chi connectivity index (χ0n) is 45.1. The van der Waals surface area contributed by atoms with Gasteiger partial charge in [0, 0.05) is 91.0 Å². The average molecular weight is 1070 g/mol. The SMILES string of the molecule is C=C(N)c1ccc(CCCF)c(F)c1-c1c(Cl)c(F)cc2c1CC(C)(c1ccccc1)C2.C=C1CCN(c2nn(C)c3c(F)c(C4CCN(CC5CCN(C(=C)C6CCCCC6)CC5)CC4C)c(F)cc23)C(=C)N1.CN. The van der Waals surface area contributed by atoms with Gasteiger partial charge in [0.15, 0.2) is 11.6 Å². The van der Waals surface area contributed by atoms with Gasteiger partial charge in [0.25, 0.3) is 0 Å². The molecule has 3 atom stereocenters. The number of hydrogen-bond donors (Lipinski definition) is 3. The molecule has 4 heterocycles. The number of alkyl halides is 1. The third-order valence-corrected chi connectivity index (χ3v) is 17.4. The largest absolute Gasteiger partial charge is 0.399 e. The Morgan fingerprint density at radius 3 is 2.24 bits per heavy atom. The fraction of sp³-hybridized carbons (Fsp3) is 0.468. The van der Waals surface area contributed by atoms with Crippen LogP contribution in [-0.4, -0.2) is 72.6 Å². The number of likely N-dealkylation sites (tertiary alicyclic amines) is 2. The molecule has 4 fully saturated rings. The summed E-state index contributed by atoms with van der Waals surface area (Å²) < 4.78 is 77.1. The van der Waals surface area contributed by atoms with Gasteiger partial charge in [-0.05, 0) is 129 Å². The van der Waals surface area contributed by atoms with Gasteiger partial charge in [-0.2, -0.15) is 5.10 Å². The number of hydrogen-bond acceptors (Lipinski definition) is 7. The normalized spacial score (nSPS) is 21.4. The summed E-state index contributed by atoms with van der Waals surface area (Å²) in [5.74, 6) is 0.441. The standard InChI is InChI=1S/C34H48F2N6.C27H25ClF3N.CH5N/c1-22-20-40(21-26-12-16-41(17-13-26)24(3)27-9-7-6-8-10-27)15-14-28(22)31-30(35)19-29-33(32(31)36)39(5)38-34(29)42-18-11-23(2)37-25(42)4;1-16(32)20-11-10-17(7-6-12-29)26(31)24(20)23-21-15-27(2,19-8-4-3-5-9-19)14-18(21)13-22(30)25(23)28;1-2/h19,22,26-28,37H,2-4,6-18,20-21H2,1,5H3;3-5,8-11,13H,1,6-7,12,14-15,32H2,2H3;2H2,1H3. The number of benzene rings is 4. The van der Waals surface area contributed by atoms with Crippen LogP contribution in [0.5, 0.6) is 0 Å². The number of fused-ring (bicyclic) bond motifs is 2. The summed E-state index contributed by atoms with van der Waals surface area (Å²) >= 11 is 6.48. The maximum atomic E-state index is 16.2. The van der Waals surface area contributed by atoms with Gasteiger partial charge in [0.2, 0.25) is 0 Å². The van der Waals surface area contributed by atoms with E-state index < -0.39 is 29.9 Å². The van der Waals surface area contributed by atoms with Crippen molar-refractivity contribution in [2.24, 2.45) is 36.3 Å². The van der Waals surface area contributed by atoms with Crippen molar-refractivity contribution in [3.8, 4) is 11.1 Å². The van der Waals surface area contributed by atoms with E-state index in [0.29, 0.717) is 76.9 Å². The van der Waals surface area contributed by atoms with Gasteiger partial charge in [0.05, 0.1) is 17.1 Å². The lowest BCUT2D eigenvalue weighted by Crippen LogP contribution is -2.44. The van der Waals surface area contributed by atoms with Crippen LogP contribution in [-0.2, 0) is 31.7 Å². The monoisotopic (exact) mass is 1060 g/mol. The first-order chi connectivity index (χ1) is 36.5. The number of anilines is 1. The molecule has 3 aliphatic heterocycles. The van der Waals surface area contributed by atoms with E-state index in [0.717, 1.165) is 61.5 Å². The first kappa shape index (κ1) is 56.6. The third-order valence-electron chi connectivity index (χ3n) is 17.0. The van der Waals surface area contributed by atoms with Crippen LogP contribution in [0.1, 0.15) is 117 Å². The second-order valence-corrected chi connectivity index (χ2v) is 22.5. The highest BCUT2D eigenvalue weighted by Gasteiger charge is 2.39. The molecule has 408 valence electrons. The van der Waals surface area contributed by atoms with Crippen LogP contribution in [0.15, 0.2) is 98.1 Å². The minimum atomic E-state index is -0.597. The van der Waals surface area contributed by atoms with Crippen molar-refractivity contribution < 1.29 is 22.0 Å². The zero-order chi connectivity index (χ0) is 54.6. The Labute approximate surface area is 452 Å². The molecule has 5 aliphatic rings. The van der Waals surface area contributed by atoms with E-state index in [1.807, 2.05) is 23.1 Å². The van der Waals surface area contributed by atoms with Gasteiger partial charge >= 0.3 is 0 Å². The van der Waals surface area contributed by atoms with Crippen molar-refractivity contribution in [2.45, 2.75) is 109 Å². The van der Waals surface area contributed by atoms with Gasteiger partial charge < -0.3 is 31.5 Å². The maximum absolute atomic E-state index is 16.2. The first-order valence-corrected chi connectivity index (χ1v) is 27.7. The predicted octanol–water partition coefficient (Wildman–Crippen LogP) is 13.6. The molecule has 3 saturated heterocycles. The second kappa shape index (κ2) is 24.4. The third kappa shape index (κ3) is 11.6. The van der Waals surface area contributed by atoms with Crippen molar-refractivity contribution >= 4 is 34.0 Å².